The molecule has 0 fully saturated rings. The van der Waals surface area contributed by atoms with Crippen molar-refractivity contribution in [2.45, 2.75) is 46.5 Å². The second kappa shape index (κ2) is 12.9. The molecule has 0 amide bonds. The van der Waals surface area contributed by atoms with Gasteiger partial charge in [0, 0.05) is 20.0 Å². The third-order valence-electron chi connectivity index (χ3n) is 1.75. The van der Waals surface area contributed by atoms with Gasteiger partial charge in [0.2, 0.25) is 0 Å². The van der Waals surface area contributed by atoms with Crippen LogP contribution in [0.1, 0.15) is 46.5 Å². The maximum atomic E-state index is 10.6. The number of guanidine groups is 1. The van der Waals surface area contributed by atoms with Crippen LogP contribution in [-0.4, -0.2) is 25.3 Å². The highest BCUT2D eigenvalue weighted by Gasteiger charge is 1.94. The van der Waals surface area contributed by atoms with Crippen molar-refractivity contribution >= 4 is 11.7 Å². The zero-order valence-electron chi connectivity index (χ0n) is 10.5. The van der Waals surface area contributed by atoms with Crippen LogP contribution < -0.4 is 11.1 Å². The lowest BCUT2D eigenvalue weighted by molar-refractivity contribution is -0.117. The van der Waals surface area contributed by atoms with Gasteiger partial charge in [-0.05, 0) is 19.8 Å². The van der Waals surface area contributed by atoms with Gasteiger partial charge in [-0.1, -0.05) is 20.3 Å². The van der Waals surface area contributed by atoms with E-state index in [1.165, 1.54) is 0 Å². The fourth-order valence-corrected chi connectivity index (χ4v) is 0.971. The largest absolute Gasteiger partial charge is 0.370 e. The Bertz CT molecular complexity index is 179. The first-order valence-corrected chi connectivity index (χ1v) is 5.62. The molecule has 4 heteroatoms. The van der Waals surface area contributed by atoms with Gasteiger partial charge in [-0.2, -0.15) is 0 Å². The first kappa shape index (κ1) is 16.4. The van der Waals surface area contributed by atoms with Crippen molar-refractivity contribution in [1.82, 2.24) is 5.32 Å². The molecular formula is C11H25N3O. The van der Waals surface area contributed by atoms with Crippen molar-refractivity contribution in [3.63, 3.8) is 0 Å². The minimum atomic E-state index is 0.266. The molecule has 0 unspecified atom stereocenters. The minimum Gasteiger partial charge on any atom is -0.370 e. The Morgan fingerprint density at radius 1 is 1.27 bits per heavy atom. The highest BCUT2D eigenvalue weighted by molar-refractivity contribution is 5.77. The molecule has 3 N–H and O–H groups in total. The molecule has 0 atom stereocenters. The molecular weight excluding hydrogens is 190 g/mol. The Morgan fingerprint density at radius 2 is 1.87 bits per heavy atom. The first-order chi connectivity index (χ1) is 7.16. The van der Waals surface area contributed by atoms with E-state index in [1.807, 2.05) is 13.8 Å². The summed E-state index contributed by atoms with van der Waals surface area (Å²) in [4.78, 5) is 14.3. The van der Waals surface area contributed by atoms with Crippen LogP contribution >= 0.6 is 0 Å². The van der Waals surface area contributed by atoms with Gasteiger partial charge >= 0.3 is 0 Å². The van der Waals surface area contributed by atoms with Crippen LogP contribution in [0.3, 0.4) is 0 Å². The fraction of sp³-hybridized carbons (Fsp3) is 0.818. The maximum absolute atomic E-state index is 10.6. The van der Waals surface area contributed by atoms with E-state index in [-0.39, 0.29) is 5.78 Å². The van der Waals surface area contributed by atoms with Crippen molar-refractivity contribution in [1.29, 1.82) is 0 Å². The summed E-state index contributed by atoms with van der Waals surface area (Å²) in [5.74, 6) is 0.745. The Balaban J connectivity index is 0. The lowest BCUT2D eigenvalue weighted by atomic mass is 10.1. The highest BCUT2D eigenvalue weighted by atomic mass is 16.1. The summed E-state index contributed by atoms with van der Waals surface area (Å²) in [5, 5.41) is 2.96. The fourth-order valence-electron chi connectivity index (χ4n) is 0.971. The summed E-state index contributed by atoms with van der Waals surface area (Å²) in [6.07, 6.45) is 3.75. The number of nitrogens with one attached hydrogen (secondary N) is 1. The molecule has 0 aliphatic rings. The zero-order valence-corrected chi connectivity index (χ0v) is 10.5. The number of Topliss-reactive ketones (excluding diaryl/α,β-unsaturated/α-hetero) is 1. The van der Waals surface area contributed by atoms with E-state index in [1.54, 1.807) is 14.0 Å². The van der Waals surface area contributed by atoms with Gasteiger partial charge in [0.15, 0.2) is 5.96 Å². The normalized spacial score (nSPS) is 10.3. The third kappa shape index (κ3) is 15.7. The molecule has 0 saturated carbocycles. The third-order valence-corrected chi connectivity index (χ3v) is 1.75. The summed E-state index contributed by atoms with van der Waals surface area (Å²) in [5.41, 5.74) is 5.42. The lowest BCUT2D eigenvalue weighted by Gasteiger charge is -2.03. The minimum absolute atomic E-state index is 0.266. The number of rotatable bonds is 6. The van der Waals surface area contributed by atoms with E-state index in [2.05, 4.69) is 10.3 Å². The molecule has 0 rings (SSSR count). The van der Waals surface area contributed by atoms with Gasteiger partial charge in [-0.15, -0.1) is 0 Å². The Kier molecular flexibility index (Phi) is 14.1. The number of hydrogen-bond donors (Lipinski definition) is 2. The van der Waals surface area contributed by atoms with E-state index in [0.29, 0.717) is 12.4 Å². The van der Waals surface area contributed by atoms with Crippen molar-refractivity contribution in [3.8, 4) is 0 Å². The molecule has 0 aliphatic heterocycles. The smallest absolute Gasteiger partial charge is 0.188 e. The summed E-state index contributed by atoms with van der Waals surface area (Å²) >= 11 is 0. The van der Waals surface area contributed by atoms with E-state index >= 15 is 0 Å². The molecule has 0 saturated heterocycles. The van der Waals surface area contributed by atoms with Gasteiger partial charge in [0.1, 0.15) is 5.78 Å². The van der Waals surface area contributed by atoms with E-state index < -0.39 is 0 Å². The molecule has 4 nitrogen and oxygen atoms in total. The van der Waals surface area contributed by atoms with Gasteiger partial charge in [-0.25, -0.2) is 0 Å². The summed E-state index contributed by atoms with van der Waals surface area (Å²) in [6.45, 7) is 6.46. The predicted octanol–water partition coefficient (Wildman–Crippen LogP) is 1.70. The van der Waals surface area contributed by atoms with E-state index in [0.717, 1.165) is 25.8 Å². The van der Waals surface area contributed by atoms with Crippen LogP contribution in [0.5, 0.6) is 0 Å². The number of ketones is 1. The van der Waals surface area contributed by atoms with Crippen molar-refractivity contribution < 1.29 is 4.79 Å². The average Bonchev–Trinajstić information content (AvgIpc) is 2.25. The Labute approximate surface area is 93.3 Å². The van der Waals surface area contributed by atoms with E-state index in [9.17, 15) is 4.79 Å². The maximum Gasteiger partial charge on any atom is 0.188 e. The number of unbranched alkanes of at least 4 members (excludes halogenated alkanes) is 2. The van der Waals surface area contributed by atoms with Gasteiger partial charge in [-0.3, -0.25) is 4.99 Å². The second-order valence-electron chi connectivity index (χ2n) is 3.05. The van der Waals surface area contributed by atoms with Crippen LogP contribution in [0, 0.1) is 0 Å². The van der Waals surface area contributed by atoms with Gasteiger partial charge in [0.25, 0.3) is 0 Å². The highest BCUT2D eigenvalue weighted by Crippen LogP contribution is 1.98. The quantitative estimate of drug-likeness (QED) is 0.402. The van der Waals surface area contributed by atoms with Crippen molar-refractivity contribution in [2.75, 3.05) is 13.6 Å². The average molecular weight is 215 g/mol. The molecule has 0 aliphatic carbocycles. The number of nitrogens with zero attached hydrogens (tertiary/aromatic N) is 1. The number of carbonyl (C=O) groups is 1. The van der Waals surface area contributed by atoms with Crippen LogP contribution in [0.4, 0.5) is 0 Å². The molecule has 90 valence electrons. The molecule has 0 aromatic rings. The SMILES string of the molecule is CC.CN=C(N)NCCCCCC(C)=O. The number of aliphatic imine (C=N–C) groups is 1. The first-order valence-electron chi connectivity index (χ1n) is 5.62. The number of carbonyl (C=O) groups excluding carboxylic acids is 1. The molecule has 0 spiro atoms. The van der Waals surface area contributed by atoms with Crippen molar-refractivity contribution in [3.05, 3.63) is 0 Å². The number of hydrogen-bond acceptors (Lipinski definition) is 2. The second-order valence-corrected chi connectivity index (χ2v) is 3.05. The number of nitrogens with two attached hydrogens (primary N) is 1. The summed E-state index contributed by atoms with van der Waals surface area (Å²) < 4.78 is 0. The molecule has 0 bridgehead atoms. The molecule has 0 aromatic carbocycles. The van der Waals surface area contributed by atoms with E-state index in [4.69, 9.17) is 5.73 Å². The molecule has 0 aromatic heterocycles. The van der Waals surface area contributed by atoms with Crippen LogP contribution in [0.15, 0.2) is 4.99 Å². The molecule has 0 heterocycles. The monoisotopic (exact) mass is 215 g/mol. The Morgan fingerprint density at radius 3 is 2.33 bits per heavy atom. The topological polar surface area (TPSA) is 67.5 Å². The van der Waals surface area contributed by atoms with Gasteiger partial charge < -0.3 is 15.8 Å². The summed E-state index contributed by atoms with van der Waals surface area (Å²) in [6, 6.07) is 0. The summed E-state index contributed by atoms with van der Waals surface area (Å²) in [7, 11) is 1.65. The molecule has 15 heavy (non-hydrogen) atoms. The molecule has 0 radical (unpaired) electrons. The van der Waals surface area contributed by atoms with Crippen LogP contribution in [-0.2, 0) is 4.79 Å². The van der Waals surface area contributed by atoms with Crippen molar-refractivity contribution in [2.24, 2.45) is 10.7 Å². The van der Waals surface area contributed by atoms with Gasteiger partial charge in [0.05, 0.1) is 0 Å². The Hall–Kier alpha value is -1.06. The van der Waals surface area contributed by atoms with Crippen LogP contribution in [0.25, 0.3) is 0 Å². The zero-order chi connectivity index (χ0) is 12.1. The van der Waals surface area contributed by atoms with Crippen LogP contribution in [0.2, 0.25) is 0 Å². The lowest BCUT2D eigenvalue weighted by Crippen LogP contribution is -2.32. The predicted molar refractivity (Wildman–Crippen MR) is 66.0 cm³/mol. The standard InChI is InChI=1S/C9H19N3O.C2H6/c1-8(13)6-4-3-5-7-12-9(10)11-2;1-2/h3-7H2,1-2H3,(H3,10,11,12);1-2H3.